The molecule has 0 radical (unpaired) electrons. The van der Waals surface area contributed by atoms with E-state index in [-0.39, 0.29) is 30.8 Å². The van der Waals surface area contributed by atoms with Crippen molar-refractivity contribution in [2.24, 2.45) is 11.3 Å². The highest BCUT2D eigenvalue weighted by molar-refractivity contribution is 7.98. The van der Waals surface area contributed by atoms with Crippen LogP contribution in [0.2, 0.25) is 0 Å². The van der Waals surface area contributed by atoms with Crippen LogP contribution in [0.4, 0.5) is 10.6 Å². The fraction of sp³-hybridized carbons (Fsp3) is 0.588. The lowest BCUT2D eigenvalue weighted by Crippen LogP contribution is -2.73. The van der Waals surface area contributed by atoms with Crippen LogP contribution in [0, 0.1) is 11.3 Å². The topological polar surface area (TPSA) is 104 Å². The smallest absolute Gasteiger partial charge is 0.414 e. The van der Waals surface area contributed by atoms with Gasteiger partial charge >= 0.3 is 6.09 Å². The van der Waals surface area contributed by atoms with Crippen LogP contribution in [0.15, 0.2) is 11.4 Å². The summed E-state index contributed by atoms with van der Waals surface area (Å²) in [6.45, 7) is 0.0580. The number of thioether (sulfide) groups is 1. The van der Waals surface area contributed by atoms with Gasteiger partial charge in [-0.25, -0.2) is 19.7 Å². The quantitative estimate of drug-likeness (QED) is 0.476. The summed E-state index contributed by atoms with van der Waals surface area (Å²) >= 11 is 1.41. The zero-order valence-corrected chi connectivity index (χ0v) is 15.1. The Balaban J connectivity index is 1.64. The van der Waals surface area contributed by atoms with Crippen molar-refractivity contribution in [2.75, 3.05) is 17.7 Å². The van der Waals surface area contributed by atoms with Crippen LogP contribution in [-0.2, 0) is 16.0 Å². The van der Waals surface area contributed by atoms with Crippen molar-refractivity contribution in [2.45, 2.75) is 42.8 Å². The molecule has 0 unspecified atom stereocenters. The Morgan fingerprint density at radius 3 is 2.58 bits per heavy atom. The van der Waals surface area contributed by atoms with Crippen molar-refractivity contribution in [1.29, 1.82) is 0 Å². The number of amides is 3. The highest BCUT2D eigenvalue weighted by Gasteiger charge is 2.68. The maximum absolute atomic E-state index is 13.6. The SMILES string of the molecule is CSc1ncc2c(n1)N(C13CC(C1)C3)C(=O)[C@]1(CCN(C(=O)O)C1=O)C2. The highest BCUT2D eigenvalue weighted by atomic mass is 32.2. The number of anilines is 1. The van der Waals surface area contributed by atoms with Crippen molar-refractivity contribution in [3.8, 4) is 0 Å². The maximum atomic E-state index is 13.6. The van der Waals surface area contributed by atoms with Crippen molar-refractivity contribution in [3.63, 3.8) is 0 Å². The molecule has 6 rings (SSSR count). The standard InChI is InChI=1S/C17H18N4O4S/c1-26-14-18-8-10-7-17(2-3-20(12(17)22)15(24)25)13(23)21(11(10)19-14)16-4-9(5-16)6-16/h8-9H,2-7H2,1H3,(H,24,25)/t9?,16?,17-/m1/s1. The second kappa shape index (κ2) is 4.97. The molecule has 1 aromatic heterocycles. The van der Waals surface area contributed by atoms with Gasteiger partial charge < -0.3 is 5.11 Å². The Kier molecular flexibility index (Phi) is 3.06. The predicted octanol–water partition coefficient (Wildman–Crippen LogP) is 1.54. The second-order valence-electron chi connectivity index (χ2n) is 7.80. The molecule has 5 aliphatic rings. The van der Waals surface area contributed by atoms with Gasteiger partial charge in [0, 0.05) is 24.7 Å². The van der Waals surface area contributed by atoms with Crippen LogP contribution in [0.3, 0.4) is 0 Å². The molecule has 3 aliphatic carbocycles. The first-order valence-corrected chi connectivity index (χ1v) is 9.92. The summed E-state index contributed by atoms with van der Waals surface area (Å²) in [6.07, 6.45) is 5.47. The number of hydrogen-bond donors (Lipinski definition) is 1. The molecule has 136 valence electrons. The molecule has 0 aromatic carbocycles. The zero-order valence-electron chi connectivity index (χ0n) is 14.3. The number of nitrogens with zero attached hydrogens (tertiary/aromatic N) is 4. The summed E-state index contributed by atoms with van der Waals surface area (Å²) in [5.74, 6) is 0.384. The minimum absolute atomic E-state index is 0.0580. The van der Waals surface area contributed by atoms with Crippen molar-refractivity contribution < 1.29 is 19.5 Å². The number of likely N-dealkylation sites (tertiary alicyclic amines) is 1. The van der Waals surface area contributed by atoms with Crippen LogP contribution >= 0.6 is 11.8 Å². The van der Waals surface area contributed by atoms with Gasteiger partial charge in [-0.3, -0.25) is 14.5 Å². The number of rotatable bonds is 2. The normalized spacial score (nSPS) is 34.6. The van der Waals surface area contributed by atoms with Crippen LogP contribution in [0.1, 0.15) is 31.2 Å². The van der Waals surface area contributed by atoms with E-state index in [2.05, 4.69) is 9.97 Å². The summed E-state index contributed by atoms with van der Waals surface area (Å²) in [5, 5.41) is 9.88. The van der Waals surface area contributed by atoms with Gasteiger partial charge in [-0.2, -0.15) is 0 Å². The van der Waals surface area contributed by atoms with Gasteiger partial charge in [0.1, 0.15) is 11.2 Å². The second-order valence-corrected chi connectivity index (χ2v) is 8.57. The zero-order chi connectivity index (χ0) is 18.3. The molecule has 8 nitrogen and oxygen atoms in total. The predicted molar refractivity (Wildman–Crippen MR) is 91.9 cm³/mol. The van der Waals surface area contributed by atoms with Crippen molar-refractivity contribution >= 4 is 35.5 Å². The number of aromatic nitrogens is 2. The first kappa shape index (κ1) is 16.0. The van der Waals surface area contributed by atoms with Gasteiger partial charge in [-0.1, -0.05) is 11.8 Å². The average molecular weight is 374 g/mol. The Labute approximate surface area is 154 Å². The van der Waals surface area contributed by atoms with E-state index in [9.17, 15) is 19.5 Å². The van der Waals surface area contributed by atoms with Gasteiger partial charge in [0.15, 0.2) is 5.16 Å². The van der Waals surface area contributed by atoms with E-state index in [1.54, 1.807) is 11.1 Å². The summed E-state index contributed by atoms with van der Waals surface area (Å²) in [7, 11) is 0. The van der Waals surface area contributed by atoms with Crippen LogP contribution in [-0.4, -0.2) is 56.2 Å². The lowest BCUT2D eigenvalue weighted by molar-refractivity contribution is -0.147. The molecule has 3 heterocycles. The Hall–Kier alpha value is -2.16. The molecule has 3 saturated carbocycles. The summed E-state index contributed by atoms with van der Waals surface area (Å²) in [5.41, 5.74) is -0.816. The van der Waals surface area contributed by atoms with Gasteiger partial charge in [0.2, 0.25) is 11.8 Å². The molecular weight excluding hydrogens is 356 g/mol. The Morgan fingerprint density at radius 2 is 2.04 bits per heavy atom. The van der Waals surface area contributed by atoms with E-state index in [1.165, 1.54) is 11.8 Å². The minimum atomic E-state index is -1.33. The summed E-state index contributed by atoms with van der Waals surface area (Å²) in [6, 6.07) is 0. The van der Waals surface area contributed by atoms with E-state index >= 15 is 0 Å². The number of carboxylic acid groups (broad SMARTS) is 1. The van der Waals surface area contributed by atoms with Crippen LogP contribution in [0.5, 0.6) is 0 Å². The van der Waals surface area contributed by atoms with Gasteiger partial charge in [-0.05, 0) is 37.9 Å². The first-order chi connectivity index (χ1) is 12.4. The molecule has 2 bridgehead atoms. The highest BCUT2D eigenvalue weighted by Crippen LogP contribution is 2.63. The van der Waals surface area contributed by atoms with Crippen LogP contribution in [0.25, 0.3) is 0 Å². The molecule has 3 amide bonds. The molecule has 1 aromatic rings. The summed E-state index contributed by atoms with van der Waals surface area (Å²) in [4.78, 5) is 49.3. The molecule has 1 atom stereocenters. The average Bonchev–Trinajstić information content (AvgIpc) is 2.86. The van der Waals surface area contributed by atoms with E-state index in [0.29, 0.717) is 16.9 Å². The third kappa shape index (κ3) is 1.79. The lowest BCUT2D eigenvalue weighted by atomic mass is 9.48. The largest absolute Gasteiger partial charge is 0.465 e. The molecule has 4 fully saturated rings. The van der Waals surface area contributed by atoms with Crippen LogP contribution < -0.4 is 4.90 Å². The fourth-order valence-corrected chi connectivity index (χ4v) is 5.31. The number of imide groups is 1. The fourth-order valence-electron chi connectivity index (χ4n) is 4.97. The third-order valence-corrected chi connectivity index (χ3v) is 7.01. The lowest BCUT2D eigenvalue weighted by Gasteiger charge is -2.67. The third-order valence-electron chi connectivity index (χ3n) is 6.45. The molecule has 2 aliphatic heterocycles. The Bertz CT molecular complexity index is 857. The molecule has 1 N–H and O–H groups in total. The summed E-state index contributed by atoms with van der Waals surface area (Å²) < 4.78 is 0. The molecule has 9 heteroatoms. The van der Waals surface area contributed by atoms with E-state index in [1.807, 2.05) is 6.26 Å². The maximum Gasteiger partial charge on any atom is 0.414 e. The molecule has 1 spiro atoms. The van der Waals surface area contributed by atoms with Gasteiger partial charge in [0.25, 0.3) is 0 Å². The number of carbonyl (C=O) groups excluding carboxylic acids is 2. The number of hydrogen-bond acceptors (Lipinski definition) is 6. The number of carbonyl (C=O) groups is 3. The monoisotopic (exact) mass is 374 g/mol. The Morgan fingerprint density at radius 1 is 1.31 bits per heavy atom. The van der Waals surface area contributed by atoms with Crippen molar-refractivity contribution in [1.82, 2.24) is 14.9 Å². The molecule has 1 saturated heterocycles. The first-order valence-electron chi connectivity index (χ1n) is 8.70. The number of fused-ring (bicyclic) bond motifs is 1. The minimum Gasteiger partial charge on any atom is -0.465 e. The molecule has 26 heavy (non-hydrogen) atoms. The van der Waals surface area contributed by atoms with E-state index < -0.39 is 17.4 Å². The van der Waals surface area contributed by atoms with Gasteiger partial charge in [0.05, 0.1) is 5.54 Å². The van der Waals surface area contributed by atoms with Crippen molar-refractivity contribution in [3.05, 3.63) is 11.8 Å². The van der Waals surface area contributed by atoms with E-state index in [4.69, 9.17) is 0 Å². The van der Waals surface area contributed by atoms with Gasteiger partial charge in [-0.15, -0.1) is 0 Å². The molecular formula is C17H18N4O4S. The van der Waals surface area contributed by atoms with E-state index in [0.717, 1.165) is 29.7 Å².